The number of anilines is 1. The average molecular weight is 349 g/mol. The molecular weight excluding hydrogens is 318 g/mol. The fraction of sp³-hybridized carbons (Fsp3) is 0.778. The Bertz CT molecular complexity index is 553. The minimum atomic E-state index is 0.0521. The highest BCUT2D eigenvalue weighted by molar-refractivity contribution is 5.91. The van der Waals surface area contributed by atoms with Gasteiger partial charge in [0.05, 0.1) is 25.5 Å². The molecule has 2 fully saturated rings. The number of amides is 1. The second-order valence-corrected chi connectivity index (χ2v) is 7.17. The predicted octanol–water partition coefficient (Wildman–Crippen LogP) is 1.42. The minimum Gasteiger partial charge on any atom is -0.376 e. The van der Waals surface area contributed by atoms with Crippen LogP contribution in [0.5, 0.6) is 0 Å². The second-order valence-electron chi connectivity index (χ2n) is 7.17. The molecule has 3 heterocycles. The van der Waals surface area contributed by atoms with Crippen molar-refractivity contribution in [3.05, 3.63) is 12.3 Å². The molecule has 25 heavy (non-hydrogen) atoms. The van der Waals surface area contributed by atoms with Gasteiger partial charge in [-0.15, -0.1) is 0 Å². The second kappa shape index (κ2) is 8.78. The van der Waals surface area contributed by atoms with Crippen LogP contribution < -0.4 is 5.32 Å². The van der Waals surface area contributed by atoms with E-state index in [1.807, 2.05) is 10.7 Å². The van der Waals surface area contributed by atoms with Gasteiger partial charge in [0, 0.05) is 44.8 Å². The first-order valence-electron chi connectivity index (χ1n) is 9.55. The summed E-state index contributed by atoms with van der Waals surface area (Å²) in [6.07, 6.45) is 5.34. The number of carbonyl (C=O) groups excluding carboxylic acids is 1. The van der Waals surface area contributed by atoms with E-state index in [9.17, 15) is 4.79 Å². The van der Waals surface area contributed by atoms with Gasteiger partial charge in [-0.05, 0) is 26.2 Å². The molecule has 0 saturated carbocycles. The topological polar surface area (TPSA) is 62.6 Å². The number of nitrogens with one attached hydrogen (secondary N) is 1. The van der Waals surface area contributed by atoms with Crippen LogP contribution in [0.4, 0.5) is 5.82 Å². The molecule has 0 aliphatic carbocycles. The van der Waals surface area contributed by atoms with E-state index in [0.717, 1.165) is 64.4 Å². The zero-order chi connectivity index (χ0) is 17.6. The molecule has 2 saturated heterocycles. The van der Waals surface area contributed by atoms with Crippen LogP contribution in [0.3, 0.4) is 0 Å². The maximum atomic E-state index is 12.3. The number of nitrogens with zero attached hydrogens (tertiary/aromatic N) is 4. The Labute approximate surface area is 150 Å². The first kappa shape index (κ1) is 18.4. The summed E-state index contributed by atoms with van der Waals surface area (Å²) in [6, 6.07) is 2.50. The molecule has 1 N–H and O–H groups in total. The molecule has 2 aliphatic heterocycles. The van der Waals surface area contributed by atoms with Gasteiger partial charge in [-0.25, -0.2) is 4.68 Å². The molecule has 0 bridgehead atoms. The molecule has 0 spiro atoms. The highest BCUT2D eigenvalue weighted by Gasteiger charge is 2.28. The maximum absolute atomic E-state index is 12.3. The molecule has 140 valence electrons. The standard InChI is InChI=1S/C18H31N5O2/c1-3-8-23-17(4-7-19-23)20-18(24)14-21-9-5-16(6-10-21)22-11-12-25-15(2)13-22/h4,7,15-16H,3,5-6,8-14H2,1-2H3,(H,20,24). The van der Waals surface area contributed by atoms with Crippen LogP contribution in [-0.4, -0.2) is 77.0 Å². The van der Waals surface area contributed by atoms with E-state index >= 15 is 0 Å². The van der Waals surface area contributed by atoms with Gasteiger partial charge in [0.2, 0.25) is 5.91 Å². The van der Waals surface area contributed by atoms with Crippen LogP contribution in [0, 0.1) is 0 Å². The Hall–Kier alpha value is -1.44. The van der Waals surface area contributed by atoms with Gasteiger partial charge in [0.1, 0.15) is 5.82 Å². The lowest BCUT2D eigenvalue weighted by Gasteiger charge is -2.41. The van der Waals surface area contributed by atoms with Gasteiger partial charge in [0.15, 0.2) is 0 Å². The van der Waals surface area contributed by atoms with Gasteiger partial charge in [0.25, 0.3) is 0 Å². The lowest BCUT2D eigenvalue weighted by atomic mass is 10.0. The molecule has 0 aromatic carbocycles. The Morgan fingerprint density at radius 2 is 2.16 bits per heavy atom. The van der Waals surface area contributed by atoms with Crippen molar-refractivity contribution < 1.29 is 9.53 Å². The molecule has 1 atom stereocenters. The van der Waals surface area contributed by atoms with Gasteiger partial charge in [-0.2, -0.15) is 5.10 Å². The molecule has 0 radical (unpaired) electrons. The molecule has 1 amide bonds. The number of carbonyl (C=O) groups is 1. The average Bonchev–Trinajstić information content (AvgIpc) is 3.03. The van der Waals surface area contributed by atoms with E-state index in [2.05, 4.69) is 34.1 Å². The van der Waals surface area contributed by atoms with Crippen LogP contribution in [0.15, 0.2) is 12.3 Å². The molecule has 1 unspecified atom stereocenters. The number of aryl methyl sites for hydroxylation is 1. The summed E-state index contributed by atoms with van der Waals surface area (Å²) in [5.41, 5.74) is 0. The first-order chi connectivity index (χ1) is 12.2. The number of piperidine rings is 1. The van der Waals surface area contributed by atoms with Gasteiger partial charge >= 0.3 is 0 Å². The van der Waals surface area contributed by atoms with Crippen LogP contribution >= 0.6 is 0 Å². The first-order valence-corrected chi connectivity index (χ1v) is 9.55. The van der Waals surface area contributed by atoms with Gasteiger partial charge in [-0.3, -0.25) is 14.6 Å². The van der Waals surface area contributed by atoms with Crippen LogP contribution in [0.25, 0.3) is 0 Å². The third-order valence-electron chi connectivity index (χ3n) is 5.13. The zero-order valence-electron chi connectivity index (χ0n) is 15.5. The van der Waals surface area contributed by atoms with Crippen molar-refractivity contribution in [3.63, 3.8) is 0 Å². The number of ether oxygens (including phenoxy) is 1. The summed E-state index contributed by atoms with van der Waals surface area (Å²) in [7, 11) is 0. The van der Waals surface area contributed by atoms with Gasteiger partial charge in [-0.1, -0.05) is 6.92 Å². The third-order valence-corrected chi connectivity index (χ3v) is 5.13. The molecule has 7 nitrogen and oxygen atoms in total. The fourth-order valence-electron chi connectivity index (χ4n) is 3.83. The van der Waals surface area contributed by atoms with Crippen molar-refractivity contribution in [2.24, 2.45) is 0 Å². The van der Waals surface area contributed by atoms with Crippen molar-refractivity contribution in [1.82, 2.24) is 19.6 Å². The Morgan fingerprint density at radius 1 is 1.36 bits per heavy atom. The van der Waals surface area contributed by atoms with Crippen LogP contribution in [0.1, 0.15) is 33.1 Å². The summed E-state index contributed by atoms with van der Waals surface area (Å²) < 4.78 is 7.49. The number of hydrogen-bond donors (Lipinski definition) is 1. The van der Waals surface area contributed by atoms with Crippen molar-refractivity contribution in [2.75, 3.05) is 44.6 Å². The summed E-state index contributed by atoms with van der Waals surface area (Å²) >= 11 is 0. The summed E-state index contributed by atoms with van der Waals surface area (Å²) in [5, 5.41) is 7.24. The summed E-state index contributed by atoms with van der Waals surface area (Å²) in [6.45, 7) is 10.4. The molecule has 1 aromatic heterocycles. The van der Waals surface area contributed by atoms with E-state index in [1.54, 1.807) is 6.20 Å². The number of rotatable bonds is 6. The lowest BCUT2D eigenvalue weighted by Crippen LogP contribution is -2.51. The highest BCUT2D eigenvalue weighted by atomic mass is 16.5. The quantitative estimate of drug-likeness (QED) is 0.841. The minimum absolute atomic E-state index is 0.0521. The smallest absolute Gasteiger partial charge is 0.239 e. The van der Waals surface area contributed by atoms with Crippen molar-refractivity contribution in [3.8, 4) is 0 Å². The maximum Gasteiger partial charge on any atom is 0.239 e. The molecule has 1 aromatic rings. The molecule has 7 heteroatoms. The highest BCUT2D eigenvalue weighted by Crippen LogP contribution is 2.19. The molecular formula is C18H31N5O2. The van der Waals surface area contributed by atoms with E-state index in [0.29, 0.717) is 18.7 Å². The van der Waals surface area contributed by atoms with Crippen molar-refractivity contribution >= 4 is 11.7 Å². The van der Waals surface area contributed by atoms with E-state index < -0.39 is 0 Å². The Morgan fingerprint density at radius 3 is 2.88 bits per heavy atom. The van der Waals surface area contributed by atoms with Crippen molar-refractivity contribution in [2.45, 2.75) is 51.8 Å². The van der Waals surface area contributed by atoms with E-state index in [-0.39, 0.29) is 5.91 Å². The predicted molar refractivity (Wildman–Crippen MR) is 97.6 cm³/mol. The third kappa shape index (κ3) is 5.03. The zero-order valence-corrected chi connectivity index (χ0v) is 15.5. The molecule has 3 rings (SSSR count). The van der Waals surface area contributed by atoms with Crippen LogP contribution in [0.2, 0.25) is 0 Å². The monoisotopic (exact) mass is 349 g/mol. The van der Waals surface area contributed by atoms with Crippen molar-refractivity contribution in [1.29, 1.82) is 0 Å². The number of hydrogen-bond acceptors (Lipinski definition) is 5. The Balaban J connectivity index is 1.42. The normalized spacial score (nSPS) is 23.7. The lowest BCUT2D eigenvalue weighted by molar-refractivity contribution is -0.117. The summed E-state index contributed by atoms with van der Waals surface area (Å²) in [4.78, 5) is 17.2. The summed E-state index contributed by atoms with van der Waals surface area (Å²) in [5.74, 6) is 0.848. The number of morpholine rings is 1. The van der Waals surface area contributed by atoms with E-state index in [4.69, 9.17) is 4.74 Å². The largest absolute Gasteiger partial charge is 0.376 e. The molecule has 2 aliphatic rings. The Kier molecular flexibility index (Phi) is 6.45. The SMILES string of the molecule is CCCn1nccc1NC(=O)CN1CCC(N2CCOC(C)C2)CC1. The van der Waals surface area contributed by atoms with Crippen LogP contribution in [-0.2, 0) is 16.1 Å². The number of likely N-dealkylation sites (tertiary alicyclic amines) is 1. The van der Waals surface area contributed by atoms with E-state index in [1.165, 1.54) is 0 Å². The van der Waals surface area contributed by atoms with Gasteiger partial charge < -0.3 is 10.1 Å². The fourth-order valence-corrected chi connectivity index (χ4v) is 3.83. The number of aromatic nitrogens is 2.